The Hall–Kier alpha value is -0.540. The molecule has 2 nitrogen and oxygen atoms in total. The fraction of sp³-hybridized carbons (Fsp3) is 0.647. The molecule has 3 heteroatoms. The van der Waals surface area contributed by atoms with Crippen LogP contribution in [0.3, 0.4) is 0 Å². The summed E-state index contributed by atoms with van der Waals surface area (Å²) in [6.07, 6.45) is 2.46. The molecule has 1 saturated heterocycles. The molecule has 20 heavy (non-hydrogen) atoms. The van der Waals surface area contributed by atoms with Crippen LogP contribution in [0.25, 0.3) is 0 Å². The second-order valence-electron chi connectivity index (χ2n) is 6.13. The number of hydrogen-bond acceptors (Lipinski definition) is 2. The third-order valence-electron chi connectivity index (χ3n) is 4.53. The predicted molar refractivity (Wildman–Crippen MR) is 91.7 cm³/mol. The maximum Gasteiger partial charge on any atom is 0.0426 e. The summed E-state index contributed by atoms with van der Waals surface area (Å²) in [4.78, 5) is 2.59. The molecule has 1 aromatic carbocycles. The molecular weight excluding hydrogens is 312 g/mol. The van der Waals surface area contributed by atoms with E-state index >= 15 is 0 Å². The summed E-state index contributed by atoms with van der Waals surface area (Å²) in [5.41, 5.74) is 4.19. The van der Waals surface area contributed by atoms with Crippen molar-refractivity contribution in [2.75, 3.05) is 24.5 Å². The number of halogens is 1. The Bertz CT molecular complexity index is 435. The van der Waals surface area contributed by atoms with Gasteiger partial charge in [0.05, 0.1) is 0 Å². The van der Waals surface area contributed by atoms with E-state index in [9.17, 15) is 0 Å². The fourth-order valence-electron chi connectivity index (χ4n) is 3.22. The zero-order valence-corrected chi connectivity index (χ0v) is 14.8. The second kappa shape index (κ2) is 6.95. The van der Waals surface area contributed by atoms with Gasteiger partial charge in [-0.05, 0) is 56.0 Å². The van der Waals surface area contributed by atoms with Gasteiger partial charge < -0.3 is 10.2 Å². The minimum atomic E-state index is 0.602. The minimum absolute atomic E-state index is 0.602. The van der Waals surface area contributed by atoms with Gasteiger partial charge in [-0.3, -0.25) is 0 Å². The molecule has 0 spiro atoms. The maximum atomic E-state index is 3.73. The average molecular weight is 339 g/mol. The Balaban J connectivity index is 2.26. The van der Waals surface area contributed by atoms with E-state index in [0.717, 1.165) is 25.6 Å². The van der Waals surface area contributed by atoms with Gasteiger partial charge in [0.15, 0.2) is 0 Å². The summed E-state index contributed by atoms with van der Waals surface area (Å²) >= 11 is 3.60. The number of rotatable bonds is 3. The molecule has 0 amide bonds. The monoisotopic (exact) mass is 338 g/mol. The van der Waals surface area contributed by atoms with E-state index in [1.807, 2.05) is 0 Å². The van der Waals surface area contributed by atoms with Crippen LogP contribution < -0.4 is 10.2 Å². The summed E-state index contributed by atoms with van der Waals surface area (Å²) in [5, 5.41) is 3.73. The molecular formula is C17H27BrN2. The van der Waals surface area contributed by atoms with Crippen LogP contribution in [0.1, 0.15) is 37.8 Å². The van der Waals surface area contributed by atoms with E-state index in [1.165, 1.54) is 34.1 Å². The van der Waals surface area contributed by atoms with Gasteiger partial charge in [-0.25, -0.2) is 0 Å². The van der Waals surface area contributed by atoms with E-state index in [-0.39, 0.29) is 0 Å². The van der Waals surface area contributed by atoms with Gasteiger partial charge in [-0.2, -0.15) is 0 Å². The molecule has 2 rings (SSSR count). The second-order valence-corrected chi connectivity index (χ2v) is 7.05. The smallest absolute Gasteiger partial charge is 0.0426 e. The molecule has 1 N–H and O–H groups in total. The molecule has 1 aliphatic rings. The number of aryl methyl sites for hydroxylation is 2. The fourth-order valence-corrected chi connectivity index (χ4v) is 3.91. The van der Waals surface area contributed by atoms with Crippen molar-refractivity contribution in [2.45, 2.75) is 46.6 Å². The molecule has 0 bridgehead atoms. The Morgan fingerprint density at radius 1 is 1.35 bits per heavy atom. The van der Waals surface area contributed by atoms with Crippen LogP contribution in [-0.4, -0.2) is 25.7 Å². The van der Waals surface area contributed by atoms with Crippen molar-refractivity contribution in [3.63, 3.8) is 0 Å². The van der Waals surface area contributed by atoms with Gasteiger partial charge in [-0.1, -0.05) is 36.2 Å². The van der Waals surface area contributed by atoms with Gasteiger partial charge in [0.2, 0.25) is 0 Å². The highest BCUT2D eigenvalue weighted by molar-refractivity contribution is 9.10. The van der Waals surface area contributed by atoms with Crippen LogP contribution in [0.2, 0.25) is 0 Å². The summed E-state index contributed by atoms with van der Waals surface area (Å²) in [6, 6.07) is 5.07. The van der Waals surface area contributed by atoms with Crippen LogP contribution in [0.15, 0.2) is 16.6 Å². The highest BCUT2D eigenvalue weighted by atomic mass is 79.9. The lowest BCUT2D eigenvalue weighted by Gasteiger charge is -2.31. The molecule has 0 saturated carbocycles. The highest BCUT2D eigenvalue weighted by Gasteiger charge is 2.23. The molecule has 0 aromatic heterocycles. The van der Waals surface area contributed by atoms with Crippen molar-refractivity contribution >= 4 is 21.6 Å². The molecule has 1 heterocycles. The Kier molecular flexibility index (Phi) is 5.50. The van der Waals surface area contributed by atoms with Crippen LogP contribution in [-0.2, 0) is 0 Å². The van der Waals surface area contributed by atoms with Gasteiger partial charge in [0.25, 0.3) is 0 Å². The first-order valence-corrected chi connectivity index (χ1v) is 8.57. The Morgan fingerprint density at radius 3 is 2.60 bits per heavy atom. The van der Waals surface area contributed by atoms with Crippen molar-refractivity contribution in [1.82, 2.24) is 5.32 Å². The first-order valence-electron chi connectivity index (χ1n) is 7.78. The SMILES string of the molecule is CCC(C)C1CN(c2c(C)cc(Br)cc2C)CCCN1. The third kappa shape index (κ3) is 3.56. The van der Waals surface area contributed by atoms with E-state index in [4.69, 9.17) is 0 Å². The van der Waals surface area contributed by atoms with Crippen molar-refractivity contribution in [2.24, 2.45) is 5.92 Å². The molecule has 2 unspecified atom stereocenters. The number of nitrogens with one attached hydrogen (secondary N) is 1. The van der Waals surface area contributed by atoms with Crippen molar-refractivity contribution in [3.8, 4) is 0 Å². The normalized spacial score (nSPS) is 21.6. The Labute approximate surface area is 132 Å². The standard InChI is InChI=1S/C17H27BrN2/c1-5-12(2)16-11-20(8-6-7-19-16)17-13(3)9-15(18)10-14(17)4/h9-10,12,16,19H,5-8,11H2,1-4H3. The third-order valence-corrected chi connectivity index (χ3v) is 4.99. The lowest BCUT2D eigenvalue weighted by atomic mass is 9.98. The van der Waals surface area contributed by atoms with E-state index < -0.39 is 0 Å². The largest absolute Gasteiger partial charge is 0.369 e. The molecule has 1 aromatic rings. The van der Waals surface area contributed by atoms with Gasteiger partial charge in [-0.15, -0.1) is 0 Å². The number of anilines is 1. The first kappa shape index (κ1) is 15.8. The van der Waals surface area contributed by atoms with Crippen molar-refractivity contribution < 1.29 is 0 Å². The highest BCUT2D eigenvalue weighted by Crippen LogP contribution is 2.30. The summed E-state index contributed by atoms with van der Waals surface area (Å²) in [7, 11) is 0. The minimum Gasteiger partial charge on any atom is -0.369 e. The summed E-state index contributed by atoms with van der Waals surface area (Å²) in [5.74, 6) is 0.728. The van der Waals surface area contributed by atoms with Crippen molar-refractivity contribution in [3.05, 3.63) is 27.7 Å². The van der Waals surface area contributed by atoms with Gasteiger partial charge in [0.1, 0.15) is 0 Å². The van der Waals surface area contributed by atoms with Crippen molar-refractivity contribution in [1.29, 1.82) is 0 Å². The van der Waals surface area contributed by atoms with Gasteiger partial charge in [0, 0.05) is 29.3 Å². The first-order chi connectivity index (χ1) is 9.52. The van der Waals surface area contributed by atoms with E-state index in [1.54, 1.807) is 0 Å². The topological polar surface area (TPSA) is 15.3 Å². The average Bonchev–Trinajstić information content (AvgIpc) is 2.62. The summed E-state index contributed by atoms with van der Waals surface area (Å²) < 4.78 is 1.18. The lowest BCUT2D eigenvalue weighted by Crippen LogP contribution is -2.42. The molecule has 1 fully saturated rings. The van der Waals surface area contributed by atoms with Crippen LogP contribution in [0, 0.1) is 19.8 Å². The maximum absolute atomic E-state index is 3.73. The molecule has 1 aliphatic heterocycles. The predicted octanol–water partition coefficient (Wildman–Crippen LogP) is 4.28. The number of benzene rings is 1. The molecule has 112 valence electrons. The van der Waals surface area contributed by atoms with E-state index in [2.05, 4.69) is 66.0 Å². The van der Waals surface area contributed by atoms with E-state index in [0.29, 0.717) is 6.04 Å². The van der Waals surface area contributed by atoms with Gasteiger partial charge >= 0.3 is 0 Å². The zero-order chi connectivity index (χ0) is 14.7. The number of nitrogens with zero attached hydrogens (tertiary/aromatic N) is 1. The van der Waals surface area contributed by atoms with Crippen LogP contribution in [0.4, 0.5) is 5.69 Å². The quantitative estimate of drug-likeness (QED) is 0.884. The number of hydrogen-bond donors (Lipinski definition) is 1. The van der Waals surface area contributed by atoms with Crippen LogP contribution >= 0.6 is 15.9 Å². The zero-order valence-electron chi connectivity index (χ0n) is 13.2. The molecule has 0 aliphatic carbocycles. The lowest BCUT2D eigenvalue weighted by molar-refractivity contribution is 0.384. The molecule has 2 atom stereocenters. The Morgan fingerprint density at radius 2 is 2.00 bits per heavy atom. The van der Waals surface area contributed by atoms with Crippen LogP contribution in [0.5, 0.6) is 0 Å². The summed E-state index contributed by atoms with van der Waals surface area (Å²) in [6.45, 7) is 12.5. The molecule has 0 radical (unpaired) electrons.